The van der Waals surface area contributed by atoms with Crippen LogP contribution in [0.25, 0.3) is 0 Å². The van der Waals surface area contributed by atoms with Crippen LogP contribution >= 0.6 is 27.5 Å². The Morgan fingerprint density at radius 1 is 1.73 bits per heavy atom. The minimum absolute atomic E-state index is 0.0766. The summed E-state index contributed by atoms with van der Waals surface area (Å²) < 4.78 is 0.753. The lowest BCUT2D eigenvalue weighted by Crippen LogP contribution is -2.22. The van der Waals surface area contributed by atoms with Gasteiger partial charge in [0.2, 0.25) is 0 Å². The van der Waals surface area contributed by atoms with Crippen LogP contribution in [0.15, 0.2) is 16.7 Å². The minimum Gasteiger partial charge on any atom is -0.481 e. The number of halogens is 2. The first-order valence-electron chi connectivity index (χ1n) is 4.24. The van der Waals surface area contributed by atoms with E-state index in [0.29, 0.717) is 17.4 Å². The van der Waals surface area contributed by atoms with Gasteiger partial charge in [0.15, 0.2) is 0 Å². The molecule has 0 aliphatic heterocycles. The molecule has 6 heteroatoms. The highest BCUT2D eigenvalue weighted by Crippen LogP contribution is 2.25. The number of aliphatic carboxylic acids is 1. The number of rotatable bonds is 4. The van der Waals surface area contributed by atoms with Crippen molar-refractivity contribution in [2.45, 2.75) is 6.42 Å². The molecule has 0 aliphatic rings. The van der Waals surface area contributed by atoms with Gasteiger partial charge in [0.05, 0.1) is 15.9 Å². The first-order valence-corrected chi connectivity index (χ1v) is 5.42. The van der Waals surface area contributed by atoms with E-state index in [2.05, 4.69) is 20.9 Å². The molecule has 0 radical (unpaired) electrons. The van der Waals surface area contributed by atoms with Crippen LogP contribution in [0.2, 0.25) is 5.02 Å². The number of anilines is 1. The molecule has 0 unspecified atom stereocenters. The van der Waals surface area contributed by atoms with E-state index >= 15 is 0 Å². The summed E-state index contributed by atoms with van der Waals surface area (Å²) in [5, 5.41) is 9.08. The molecule has 0 aromatic carbocycles. The molecule has 1 aromatic rings. The molecule has 1 heterocycles. The normalized spacial score (nSPS) is 10.1. The van der Waals surface area contributed by atoms with Gasteiger partial charge in [0.1, 0.15) is 5.82 Å². The van der Waals surface area contributed by atoms with Gasteiger partial charge in [-0.3, -0.25) is 4.79 Å². The maximum atomic E-state index is 10.4. The zero-order valence-corrected chi connectivity index (χ0v) is 10.4. The quantitative estimate of drug-likeness (QED) is 0.926. The fourth-order valence-corrected chi connectivity index (χ4v) is 2.00. The predicted octanol–water partition coefficient (Wildman–Crippen LogP) is 2.41. The zero-order valence-electron chi connectivity index (χ0n) is 8.07. The standard InChI is InChI=1S/C9H10BrClN2O2/c1-13(3-2-8(14)15)9-7(10)4-6(11)5-12-9/h4-5H,2-3H2,1H3,(H,14,15). The van der Waals surface area contributed by atoms with Crippen LogP contribution in [-0.2, 0) is 4.79 Å². The highest BCUT2D eigenvalue weighted by atomic mass is 79.9. The summed E-state index contributed by atoms with van der Waals surface area (Å²) in [5.41, 5.74) is 0. The summed E-state index contributed by atoms with van der Waals surface area (Å²) in [6, 6.07) is 1.72. The summed E-state index contributed by atoms with van der Waals surface area (Å²) in [6.45, 7) is 0.405. The molecule has 0 aliphatic carbocycles. The van der Waals surface area contributed by atoms with E-state index < -0.39 is 5.97 Å². The van der Waals surface area contributed by atoms with Crippen LogP contribution in [0, 0.1) is 0 Å². The molecule has 0 saturated carbocycles. The summed E-state index contributed by atoms with van der Waals surface area (Å²) in [5.74, 6) is -0.146. The molecule has 0 bridgehead atoms. The van der Waals surface area contributed by atoms with Gasteiger partial charge in [-0.15, -0.1) is 0 Å². The molecule has 15 heavy (non-hydrogen) atoms. The maximum Gasteiger partial charge on any atom is 0.305 e. The van der Waals surface area contributed by atoms with Gasteiger partial charge in [0.25, 0.3) is 0 Å². The maximum absolute atomic E-state index is 10.4. The van der Waals surface area contributed by atoms with E-state index in [4.69, 9.17) is 16.7 Å². The van der Waals surface area contributed by atoms with Crippen LogP contribution in [0.4, 0.5) is 5.82 Å². The fourth-order valence-electron chi connectivity index (χ4n) is 1.06. The summed E-state index contributed by atoms with van der Waals surface area (Å²) in [7, 11) is 1.78. The Morgan fingerprint density at radius 2 is 2.40 bits per heavy atom. The Kier molecular flexibility index (Phi) is 4.35. The average Bonchev–Trinajstić information content (AvgIpc) is 2.14. The number of hydrogen-bond donors (Lipinski definition) is 1. The number of carbonyl (C=O) groups is 1. The topological polar surface area (TPSA) is 53.4 Å². The Balaban J connectivity index is 2.73. The second-order valence-electron chi connectivity index (χ2n) is 3.02. The summed E-state index contributed by atoms with van der Waals surface area (Å²) in [4.78, 5) is 16.3. The van der Waals surface area contributed by atoms with Crippen molar-refractivity contribution in [1.82, 2.24) is 4.98 Å². The van der Waals surface area contributed by atoms with Crippen LogP contribution in [0.5, 0.6) is 0 Å². The van der Waals surface area contributed by atoms with E-state index in [9.17, 15) is 4.79 Å². The average molecular weight is 294 g/mol. The summed E-state index contributed by atoms with van der Waals surface area (Å²) in [6.07, 6.45) is 1.60. The van der Waals surface area contributed by atoms with Crippen molar-refractivity contribution in [3.05, 3.63) is 21.8 Å². The van der Waals surface area contributed by atoms with Crippen molar-refractivity contribution < 1.29 is 9.90 Å². The lowest BCUT2D eigenvalue weighted by atomic mass is 10.4. The lowest BCUT2D eigenvalue weighted by Gasteiger charge is -2.18. The number of hydrogen-bond acceptors (Lipinski definition) is 3. The third-order valence-electron chi connectivity index (χ3n) is 1.81. The van der Waals surface area contributed by atoms with E-state index in [0.717, 1.165) is 4.47 Å². The Labute approximate surface area is 101 Å². The van der Waals surface area contributed by atoms with Gasteiger partial charge in [-0.25, -0.2) is 4.98 Å². The Morgan fingerprint density at radius 3 is 2.93 bits per heavy atom. The third-order valence-corrected chi connectivity index (χ3v) is 2.60. The molecule has 0 fully saturated rings. The smallest absolute Gasteiger partial charge is 0.305 e. The molecule has 82 valence electrons. The fraction of sp³-hybridized carbons (Fsp3) is 0.333. The Hall–Kier alpha value is -0.810. The molecule has 4 nitrogen and oxygen atoms in total. The first-order chi connectivity index (χ1) is 7.00. The molecule has 0 atom stereocenters. The van der Waals surface area contributed by atoms with Crippen molar-refractivity contribution in [3.63, 3.8) is 0 Å². The first kappa shape index (κ1) is 12.3. The molecule has 0 saturated heterocycles. The molecular formula is C9H10BrClN2O2. The van der Waals surface area contributed by atoms with Crippen LogP contribution in [0.3, 0.4) is 0 Å². The summed E-state index contributed by atoms with van der Waals surface area (Å²) >= 11 is 9.06. The van der Waals surface area contributed by atoms with E-state index in [1.54, 1.807) is 18.0 Å². The minimum atomic E-state index is -0.827. The van der Waals surface area contributed by atoms with Gasteiger partial charge < -0.3 is 10.0 Å². The Bertz CT molecular complexity index is 373. The molecule has 1 N–H and O–H groups in total. The van der Waals surface area contributed by atoms with Crippen LogP contribution in [-0.4, -0.2) is 29.7 Å². The second kappa shape index (κ2) is 5.32. The van der Waals surface area contributed by atoms with Crippen molar-refractivity contribution in [1.29, 1.82) is 0 Å². The predicted molar refractivity (Wildman–Crippen MR) is 62.5 cm³/mol. The van der Waals surface area contributed by atoms with Crippen LogP contribution in [0.1, 0.15) is 6.42 Å². The van der Waals surface area contributed by atoms with E-state index in [-0.39, 0.29) is 6.42 Å². The van der Waals surface area contributed by atoms with Gasteiger partial charge in [-0.2, -0.15) is 0 Å². The molecule has 0 spiro atoms. The number of nitrogens with zero attached hydrogens (tertiary/aromatic N) is 2. The molecule has 1 rings (SSSR count). The van der Waals surface area contributed by atoms with Gasteiger partial charge in [-0.1, -0.05) is 11.6 Å². The number of carboxylic acid groups (broad SMARTS) is 1. The second-order valence-corrected chi connectivity index (χ2v) is 4.32. The van der Waals surface area contributed by atoms with E-state index in [1.165, 1.54) is 6.20 Å². The van der Waals surface area contributed by atoms with Crippen molar-refractivity contribution in [2.24, 2.45) is 0 Å². The van der Waals surface area contributed by atoms with Gasteiger partial charge in [0, 0.05) is 19.8 Å². The number of carboxylic acids is 1. The van der Waals surface area contributed by atoms with Gasteiger partial charge in [-0.05, 0) is 22.0 Å². The van der Waals surface area contributed by atoms with Crippen molar-refractivity contribution >= 4 is 39.3 Å². The van der Waals surface area contributed by atoms with Crippen molar-refractivity contribution in [3.8, 4) is 0 Å². The molecular weight excluding hydrogens is 283 g/mol. The van der Waals surface area contributed by atoms with Crippen LogP contribution < -0.4 is 4.90 Å². The zero-order chi connectivity index (χ0) is 11.4. The largest absolute Gasteiger partial charge is 0.481 e. The van der Waals surface area contributed by atoms with Gasteiger partial charge >= 0.3 is 5.97 Å². The SMILES string of the molecule is CN(CCC(=O)O)c1ncc(Cl)cc1Br. The highest BCUT2D eigenvalue weighted by molar-refractivity contribution is 9.10. The lowest BCUT2D eigenvalue weighted by molar-refractivity contribution is -0.136. The molecule has 0 amide bonds. The number of pyridine rings is 1. The van der Waals surface area contributed by atoms with E-state index in [1.807, 2.05) is 0 Å². The van der Waals surface area contributed by atoms with Crippen molar-refractivity contribution in [2.75, 3.05) is 18.5 Å². The monoisotopic (exact) mass is 292 g/mol. The highest BCUT2D eigenvalue weighted by Gasteiger charge is 2.09. The molecule has 1 aromatic heterocycles. The third kappa shape index (κ3) is 3.68. The number of aromatic nitrogens is 1.